The molecule has 5 aromatic rings. The number of furan rings is 1. The van der Waals surface area contributed by atoms with Crippen molar-refractivity contribution < 1.29 is 23.8 Å². The summed E-state index contributed by atoms with van der Waals surface area (Å²) in [5.41, 5.74) is 1.97. The van der Waals surface area contributed by atoms with E-state index in [4.69, 9.17) is 20.8 Å². The third-order valence-electron chi connectivity index (χ3n) is 6.68. The Hall–Kier alpha value is -4.12. The third kappa shape index (κ3) is 5.40. The molecule has 11 heteroatoms. The maximum absolute atomic E-state index is 13.9. The van der Waals surface area contributed by atoms with Gasteiger partial charge in [0.25, 0.3) is 5.91 Å². The van der Waals surface area contributed by atoms with E-state index in [-0.39, 0.29) is 16.5 Å². The van der Waals surface area contributed by atoms with Gasteiger partial charge in [-0.2, -0.15) is 0 Å². The summed E-state index contributed by atoms with van der Waals surface area (Å²) in [5.74, 6) is -0.752. The molecule has 0 saturated heterocycles. The molecular formula is C31H24ClN3O5S2. The molecule has 1 amide bonds. The number of hydrogen-bond donors (Lipinski definition) is 1. The van der Waals surface area contributed by atoms with Crippen LogP contribution in [0.1, 0.15) is 41.1 Å². The van der Waals surface area contributed by atoms with E-state index in [2.05, 4.69) is 10.2 Å². The predicted octanol–water partition coefficient (Wildman–Crippen LogP) is 7.80. The Kier molecular flexibility index (Phi) is 8.01. The summed E-state index contributed by atoms with van der Waals surface area (Å²) in [5, 5.41) is 21.3. The van der Waals surface area contributed by atoms with Crippen molar-refractivity contribution in [3.63, 3.8) is 0 Å². The van der Waals surface area contributed by atoms with Gasteiger partial charge in [-0.3, -0.25) is 14.5 Å². The number of carbonyl (C=O) groups excluding carboxylic acids is 2. The van der Waals surface area contributed by atoms with Crippen LogP contribution in [0.25, 0.3) is 11.0 Å². The first-order valence-electron chi connectivity index (χ1n) is 13.2. The van der Waals surface area contributed by atoms with Crippen LogP contribution in [0.15, 0.2) is 99.0 Å². The predicted molar refractivity (Wildman–Crippen MR) is 164 cm³/mol. The number of Topliss-reactive ketones (excluding diaryl/α,β-unsaturated/α-hetero) is 1. The molecule has 0 aliphatic carbocycles. The second kappa shape index (κ2) is 12.0. The maximum atomic E-state index is 13.9. The van der Waals surface area contributed by atoms with Gasteiger partial charge in [0.1, 0.15) is 11.3 Å². The van der Waals surface area contributed by atoms with Gasteiger partial charge in [-0.25, -0.2) is 0 Å². The van der Waals surface area contributed by atoms with Crippen LogP contribution in [0.3, 0.4) is 0 Å². The number of aliphatic hydroxyl groups excluding tert-OH is 1. The van der Waals surface area contributed by atoms with E-state index in [1.54, 1.807) is 42.5 Å². The average molecular weight is 618 g/mol. The number of para-hydroxylation sites is 1. The quantitative estimate of drug-likeness (QED) is 0.0961. The van der Waals surface area contributed by atoms with Gasteiger partial charge in [-0.1, -0.05) is 90.2 Å². The summed E-state index contributed by atoms with van der Waals surface area (Å²) in [4.78, 5) is 28.8. The molecule has 1 unspecified atom stereocenters. The van der Waals surface area contributed by atoms with E-state index < -0.39 is 23.5 Å². The normalized spacial score (nSPS) is 15.1. The number of thioether (sulfide) groups is 1. The van der Waals surface area contributed by atoms with Crippen LogP contribution in [0, 0.1) is 0 Å². The molecule has 2 aromatic heterocycles. The molecule has 6 rings (SSSR count). The highest BCUT2D eigenvalue weighted by molar-refractivity contribution is 8.00. The molecule has 1 aliphatic heterocycles. The highest BCUT2D eigenvalue weighted by Gasteiger charge is 2.46. The highest BCUT2D eigenvalue weighted by Crippen LogP contribution is 2.44. The third-order valence-corrected chi connectivity index (χ3v) is 9.16. The van der Waals surface area contributed by atoms with Gasteiger partial charge in [-0.05, 0) is 47.9 Å². The summed E-state index contributed by atoms with van der Waals surface area (Å²) in [6.07, 6.45) is 0.854. The van der Waals surface area contributed by atoms with Crippen LogP contribution < -0.4 is 9.64 Å². The van der Waals surface area contributed by atoms with Crippen molar-refractivity contribution >= 4 is 62.5 Å². The number of ether oxygens (including phenoxy) is 1. The Labute approximate surface area is 254 Å². The van der Waals surface area contributed by atoms with Crippen molar-refractivity contribution in [3.05, 3.63) is 112 Å². The first-order valence-corrected chi connectivity index (χ1v) is 15.3. The van der Waals surface area contributed by atoms with E-state index in [1.807, 2.05) is 43.3 Å². The van der Waals surface area contributed by atoms with Gasteiger partial charge in [0.2, 0.25) is 10.9 Å². The van der Waals surface area contributed by atoms with Gasteiger partial charge in [0.05, 0.1) is 18.2 Å². The largest absolute Gasteiger partial charge is 0.503 e. The van der Waals surface area contributed by atoms with Gasteiger partial charge in [0, 0.05) is 16.2 Å². The van der Waals surface area contributed by atoms with Crippen molar-refractivity contribution in [2.45, 2.75) is 29.5 Å². The minimum Gasteiger partial charge on any atom is -0.503 e. The number of aliphatic hydroxyl groups is 1. The number of ketones is 1. The van der Waals surface area contributed by atoms with Crippen LogP contribution in [0.4, 0.5) is 5.13 Å². The molecule has 8 nitrogen and oxygen atoms in total. The van der Waals surface area contributed by atoms with Crippen LogP contribution in [0.2, 0.25) is 5.02 Å². The van der Waals surface area contributed by atoms with Crippen molar-refractivity contribution in [2.24, 2.45) is 0 Å². The van der Waals surface area contributed by atoms with E-state index in [1.165, 1.54) is 28.0 Å². The Morgan fingerprint density at radius 1 is 1.10 bits per heavy atom. The summed E-state index contributed by atoms with van der Waals surface area (Å²) in [7, 11) is 0. The molecule has 1 aliphatic rings. The molecule has 0 saturated carbocycles. The SMILES string of the molecule is CCCOc1ccc(C2C(C(=O)c3cc4ccccc4o3)=C(O)C(=O)N2c2nnc(SCc3ccccc3Cl)s2)cc1. The van der Waals surface area contributed by atoms with Gasteiger partial charge < -0.3 is 14.3 Å². The summed E-state index contributed by atoms with van der Waals surface area (Å²) in [6.45, 7) is 2.58. The smallest absolute Gasteiger partial charge is 0.296 e. The lowest BCUT2D eigenvalue weighted by molar-refractivity contribution is -0.117. The summed E-state index contributed by atoms with van der Waals surface area (Å²) < 4.78 is 12.1. The molecule has 1 N–H and O–H groups in total. The maximum Gasteiger partial charge on any atom is 0.296 e. The number of anilines is 1. The Morgan fingerprint density at radius 3 is 2.62 bits per heavy atom. The van der Waals surface area contributed by atoms with E-state index in [0.29, 0.717) is 38.6 Å². The molecule has 3 heterocycles. The minimum atomic E-state index is -0.965. The average Bonchev–Trinajstić information content (AvgIpc) is 3.72. The zero-order valence-electron chi connectivity index (χ0n) is 22.3. The molecule has 0 spiro atoms. The Balaban J connectivity index is 1.36. The lowest BCUT2D eigenvalue weighted by Gasteiger charge is -2.24. The van der Waals surface area contributed by atoms with Crippen molar-refractivity contribution in [2.75, 3.05) is 11.5 Å². The number of hydrogen-bond acceptors (Lipinski definition) is 9. The Morgan fingerprint density at radius 2 is 1.86 bits per heavy atom. The number of benzene rings is 3. The first kappa shape index (κ1) is 28.0. The lowest BCUT2D eigenvalue weighted by Crippen LogP contribution is -2.31. The molecule has 212 valence electrons. The fraction of sp³-hybridized carbons (Fsp3) is 0.161. The number of rotatable bonds is 10. The van der Waals surface area contributed by atoms with Crippen LogP contribution in [-0.4, -0.2) is 33.6 Å². The topological polar surface area (TPSA) is 106 Å². The highest BCUT2D eigenvalue weighted by atomic mass is 35.5. The Bertz CT molecular complexity index is 1780. The fourth-order valence-electron chi connectivity index (χ4n) is 4.66. The monoisotopic (exact) mass is 617 g/mol. The van der Waals surface area contributed by atoms with Crippen molar-refractivity contribution in [1.82, 2.24) is 10.2 Å². The van der Waals surface area contributed by atoms with Gasteiger partial charge in [0.15, 0.2) is 15.9 Å². The first-order chi connectivity index (χ1) is 20.4. The number of fused-ring (bicyclic) bond motifs is 1. The van der Waals surface area contributed by atoms with Crippen molar-refractivity contribution in [3.8, 4) is 5.75 Å². The molecule has 0 fully saturated rings. The molecule has 42 heavy (non-hydrogen) atoms. The van der Waals surface area contributed by atoms with E-state index in [0.717, 1.165) is 17.4 Å². The second-order valence-electron chi connectivity index (χ2n) is 9.47. The van der Waals surface area contributed by atoms with E-state index >= 15 is 0 Å². The molecular weight excluding hydrogens is 594 g/mol. The molecule has 3 aromatic carbocycles. The second-order valence-corrected chi connectivity index (χ2v) is 12.1. The zero-order valence-corrected chi connectivity index (χ0v) is 24.7. The standard InChI is InChI=1S/C31H24ClN3O5S2/c1-2-15-39-21-13-11-18(12-14-21)26-25(27(36)24-16-19-7-4-6-10-23(19)40-24)28(37)29(38)35(26)30-33-34-31(42-30)41-17-20-8-3-5-9-22(20)32/h3-14,16,26,37H,2,15,17H2,1H3. The number of nitrogens with zero attached hydrogens (tertiary/aromatic N) is 3. The fourth-order valence-corrected chi connectivity index (χ4v) is 6.81. The number of aromatic nitrogens is 2. The summed E-state index contributed by atoms with van der Waals surface area (Å²) in [6, 6.07) is 22.5. The molecule has 0 bridgehead atoms. The summed E-state index contributed by atoms with van der Waals surface area (Å²) >= 11 is 8.92. The number of carbonyl (C=O) groups is 2. The lowest BCUT2D eigenvalue weighted by atomic mass is 9.95. The van der Waals surface area contributed by atoms with Crippen LogP contribution >= 0.6 is 34.7 Å². The van der Waals surface area contributed by atoms with Gasteiger partial charge >= 0.3 is 0 Å². The number of halogens is 1. The molecule has 1 atom stereocenters. The van der Waals surface area contributed by atoms with Gasteiger partial charge in [-0.15, -0.1) is 10.2 Å². The van der Waals surface area contributed by atoms with Crippen molar-refractivity contribution in [1.29, 1.82) is 0 Å². The van der Waals surface area contributed by atoms with Crippen LogP contribution in [0.5, 0.6) is 5.75 Å². The number of amides is 1. The van der Waals surface area contributed by atoms with E-state index in [9.17, 15) is 14.7 Å². The van der Waals surface area contributed by atoms with Crippen LogP contribution in [-0.2, 0) is 10.5 Å². The molecule has 0 radical (unpaired) electrons. The zero-order chi connectivity index (χ0) is 29.2. The minimum absolute atomic E-state index is 0.0218.